The molecule has 0 N–H and O–H groups in total. The maximum atomic E-state index is 12.6. The zero-order chi connectivity index (χ0) is 18.4. The lowest BCUT2D eigenvalue weighted by molar-refractivity contribution is -0.131. The lowest BCUT2D eigenvalue weighted by Gasteiger charge is -2.22. The molecule has 0 unspecified atom stereocenters. The van der Waals surface area contributed by atoms with E-state index in [2.05, 4.69) is 30.1 Å². The molecule has 1 aliphatic heterocycles. The first kappa shape index (κ1) is 18.1. The Balaban J connectivity index is 1.53. The normalized spacial score (nSPS) is 14.8. The fraction of sp³-hybridized carbons (Fsp3) is 0.381. The third-order valence-corrected chi connectivity index (χ3v) is 4.73. The number of hydrogen-bond acceptors (Lipinski definition) is 3. The van der Waals surface area contributed by atoms with Crippen molar-refractivity contribution in [2.45, 2.75) is 26.2 Å². The first-order chi connectivity index (χ1) is 12.6. The van der Waals surface area contributed by atoms with Gasteiger partial charge in [0.05, 0.1) is 0 Å². The summed E-state index contributed by atoms with van der Waals surface area (Å²) in [5, 5.41) is 0. The number of nitrogens with zero attached hydrogens (tertiary/aromatic N) is 3. The van der Waals surface area contributed by atoms with Crippen LogP contribution < -0.4 is 0 Å². The molecule has 1 aromatic heterocycles. The molecule has 1 saturated heterocycles. The van der Waals surface area contributed by atoms with Crippen LogP contribution in [-0.2, 0) is 11.2 Å². The van der Waals surface area contributed by atoms with Crippen molar-refractivity contribution in [2.75, 3.05) is 26.2 Å². The van der Waals surface area contributed by atoms with E-state index < -0.39 is 0 Å². The first-order valence-electron chi connectivity index (χ1n) is 9.17. The molecule has 0 atom stereocenters. The van der Waals surface area contributed by atoms with E-state index in [1.165, 1.54) is 11.1 Å². The van der Waals surface area contributed by atoms with Gasteiger partial charge in [0, 0.05) is 38.8 Å². The highest BCUT2D eigenvalue weighted by atomic mass is 16.2. The SMILES string of the molecule is Cc1cccc(CCC(=O)N2CCCN(C(=O)c3ccccn3)CC2)c1. The molecule has 0 spiro atoms. The number of carbonyl (C=O) groups excluding carboxylic acids is 2. The van der Waals surface area contributed by atoms with Gasteiger partial charge >= 0.3 is 0 Å². The molecule has 1 fully saturated rings. The van der Waals surface area contributed by atoms with Gasteiger partial charge in [-0.05, 0) is 37.5 Å². The zero-order valence-electron chi connectivity index (χ0n) is 15.2. The fourth-order valence-electron chi connectivity index (χ4n) is 3.30. The molecule has 3 rings (SSSR count). The Hall–Kier alpha value is -2.69. The minimum absolute atomic E-state index is 0.0559. The third kappa shape index (κ3) is 4.69. The van der Waals surface area contributed by atoms with Crippen LogP contribution >= 0.6 is 0 Å². The highest BCUT2D eigenvalue weighted by Crippen LogP contribution is 2.11. The van der Waals surface area contributed by atoms with Crippen molar-refractivity contribution in [2.24, 2.45) is 0 Å². The highest BCUT2D eigenvalue weighted by molar-refractivity contribution is 5.92. The minimum atomic E-state index is -0.0559. The molecule has 1 aromatic carbocycles. The van der Waals surface area contributed by atoms with Crippen molar-refractivity contribution in [3.05, 3.63) is 65.5 Å². The summed E-state index contributed by atoms with van der Waals surface area (Å²) in [5.74, 6) is 0.110. The quantitative estimate of drug-likeness (QED) is 0.851. The predicted octanol–water partition coefficient (Wildman–Crippen LogP) is 2.70. The maximum absolute atomic E-state index is 12.6. The second kappa shape index (κ2) is 8.61. The lowest BCUT2D eigenvalue weighted by Crippen LogP contribution is -2.37. The summed E-state index contributed by atoms with van der Waals surface area (Å²) in [6.45, 7) is 4.58. The van der Waals surface area contributed by atoms with Crippen LogP contribution in [0.15, 0.2) is 48.7 Å². The van der Waals surface area contributed by atoms with Gasteiger partial charge in [-0.3, -0.25) is 14.6 Å². The molecular formula is C21H25N3O2. The average Bonchev–Trinajstić information content (AvgIpc) is 2.92. The van der Waals surface area contributed by atoms with Crippen LogP contribution in [0.5, 0.6) is 0 Å². The summed E-state index contributed by atoms with van der Waals surface area (Å²) in [4.78, 5) is 32.9. The van der Waals surface area contributed by atoms with Crippen molar-refractivity contribution in [3.63, 3.8) is 0 Å². The molecule has 0 bridgehead atoms. The Bertz CT molecular complexity index is 761. The van der Waals surface area contributed by atoms with Crippen LogP contribution in [0.3, 0.4) is 0 Å². The van der Waals surface area contributed by atoms with Crippen LogP contribution in [0.25, 0.3) is 0 Å². The first-order valence-corrected chi connectivity index (χ1v) is 9.17. The second-order valence-electron chi connectivity index (χ2n) is 6.73. The Morgan fingerprint density at radius 2 is 1.81 bits per heavy atom. The van der Waals surface area contributed by atoms with Crippen molar-refractivity contribution < 1.29 is 9.59 Å². The lowest BCUT2D eigenvalue weighted by atomic mass is 10.1. The Morgan fingerprint density at radius 3 is 2.58 bits per heavy atom. The van der Waals surface area contributed by atoms with Gasteiger partial charge < -0.3 is 9.80 Å². The Kier molecular flexibility index (Phi) is 6.00. The Labute approximate surface area is 154 Å². The second-order valence-corrected chi connectivity index (χ2v) is 6.73. The number of carbonyl (C=O) groups is 2. The molecule has 5 heteroatoms. The highest BCUT2D eigenvalue weighted by Gasteiger charge is 2.23. The average molecular weight is 351 g/mol. The third-order valence-electron chi connectivity index (χ3n) is 4.73. The predicted molar refractivity (Wildman–Crippen MR) is 101 cm³/mol. The maximum Gasteiger partial charge on any atom is 0.272 e. The van der Waals surface area contributed by atoms with E-state index >= 15 is 0 Å². The smallest absolute Gasteiger partial charge is 0.272 e. The number of benzene rings is 1. The molecule has 0 radical (unpaired) electrons. The van der Waals surface area contributed by atoms with Gasteiger partial charge in [0.2, 0.25) is 5.91 Å². The van der Waals surface area contributed by atoms with E-state index in [1.54, 1.807) is 23.2 Å². The number of aromatic nitrogens is 1. The van der Waals surface area contributed by atoms with E-state index in [0.717, 1.165) is 12.8 Å². The van der Waals surface area contributed by atoms with Gasteiger partial charge in [0.15, 0.2) is 0 Å². The molecule has 0 aliphatic carbocycles. The van der Waals surface area contributed by atoms with Crippen LogP contribution in [0.4, 0.5) is 0 Å². The molecule has 26 heavy (non-hydrogen) atoms. The summed E-state index contributed by atoms with van der Waals surface area (Å²) in [7, 11) is 0. The van der Waals surface area contributed by atoms with Gasteiger partial charge in [0.1, 0.15) is 5.69 Å². The minimum Gasteiger partial charge on any atom is -0.341 e. The molecule has 1 aliphatic rings. The van der Waals surface area contributed by atoms with Crippen LogP contribution in [0, 0.1) is 6.92 Å². The van der Waals surface area contributed by atoms with Crippen LogP contribution in [-0.4, -0.2) is 52.8 Å². The summed E-state index contributed by atoms with van der Waals surface area (Å²) in [6.07, 6.45) is 3.70. The van der Waals surface area contributed by atoms with E-state index in [0.29, 0.717) is 38.3 Å². The van der Waals surface area contributed by atoms with Gasteiger partial charge in [-0.1, -0.05) is 35.9 Å². The van der Waals surface area contributed by atoms with Gasteiger partial charge in [-0.25, -0.2) is 0 Å². The van der Waals surface area contributed by atoms with Crippen molar-refractivity contribution in [3.8, 4) is 0 Å². The van der Waals surface area contributed by atoms with E-state index in [1.807, 2.05) is 17.0 Å². The monoisotopic (exact) mass is 351 g/mol. The van der Waals surface area contributed by atoms with Gasteiger partial charge in [-0.2, -0.15) is 0 Å². The van der Waals surface area contributed by atoms with Gasteiger partial charge in [0.25, 0.3) is 5.91 Å². The summed E-state index contributed by atoms with van der Waals surface area (Å²) >= 11 is 0. The van der Waals surface area contributed by atoms with E-state index in [9.17, 15) is 9.59 Å². The zero-order valence-corrected chi connectivity index (χ0v) is 15.2. The van der Waals surface area contributed by atoms with Crippen molar-refractivity contribution >= 4 is 11.8 Å². The van der Waals surface area contributed by atoms with E-state index in [4.69, 9.17) is 0 Å². The summed E-state index contributed by atoms with van der Waals surface area (Å²) in [6, 6.07) is 13.6. The van der Waals surface area contributed by atoms with Gasteiger partial charge in [-0.15, -0.1) is 0 Å². The van der Waals surface area contributed by atoms with Crippen molar-refractivity contribution in [1.29, 1.82) is 0 Å². The van der Waals surface area contributed by atoms with Crippen LogP contribution in [0.2, 0.25) is 0 Å². The van der Waals surface area contributed by atoms with Crippen LogP contribution in [0.1, 0.15) is 34.5 Å². The molecule has 136 valence electrons. The standard InChI is InChI=1S/C21H25N3O2/c1-17-6-4-7-18(16-17)9-10-20(25)23-12-5-13-24(15-14-23)21(26)19-8-2-3-11-22-19/h2-4,6-8,11,16H,5,9-10,12-15H2,1H3. The summed E-state index contributed by atoms with van der Waals surface area (Å²) < 4.78 is 0. The number of pyridine rings is 1. The molecular weight excluding hydrogens is 326 g/mol. The topological polar surface area (TPSA) is 53.5 Å². The molecule has 2 aromatic rings. The number of hydrogen-bond donors (Lipinski definition) is 0. The molecule has 0 saturated carbocycles. The number of rotatable bonds is 4. The largest absolute Gasteiger partial charge is 0.341 e. The summed E-state index contributed by atoms with van der Waals surface area (Å²) in [5.41, 5.74) is 2.88. The van der Waals surface area contributed by atoms with E-state index in [-0.39, 0.29) is 11.8 Å². The number of amides is 2. The van der Waals surface area contributed by atoms with Crippen molar-refractivity contribution in [1.82, 2.24) is 14.8 Å². The molecule has 2 amide bonds. The Morgan fingerprint density at radius 1 is 1.00 bits per heavy atom. The molecule has 5 nitrogen and oxygen atoms in total. The fourth-order valence-corrected chi connectivity index (χ4v) is 3.30. The molecule has 2 heterocycles. The number of aryl methyl sites for hydroxylation is 2.